The van der Waals surface area contributed by atoms with Crippen molar-refractivity contribution >= 4 is 23.7 Å². The first-order valence-corrected chi connectivity index (χ1v) is 10.9. The highest BCUT2D eigenvalue weighted by molar-refractivity contribution is 5.92. The second-order valence-corrected chi connectivity index (χ2v) is 8.07. The highest BCUT2D eigenvalue weighted by atomic mass is 16.7. The minimum atomic E-state index is -1.25. The lowest BCUT2D eigenvalue weighted by Crippen LogP contribution is -2.57. The van der Waals surface area contributed by atoms with Gasteiger partial charge in [0.25, 0.3) is 0 Å². The van der Waals surface area contributed by atoms with Crippen molar-refractivity contribution in [2.24, 2.45) is 22.4 Å². The Bertz CT molecular complexity index is 902. The number of amides is 2. The summed E-state index contributed by atoms with van der Waals surface area (Å²) in [5.74, 6) is -2.64. The van der Waals surface area contributed by atoms with E-state index in [1.807, 2.05) is 5.43 Å². The molecule has 2 amide bonds. The van der Waals surface area contributed by atoms with Gasteiger partial charge in [-0.25, -0.2) is 14.9 Å². The van der Waals surface area contributed by atoms with Crippen molar-refractivity contribution < 1.29 is 29.3 Å². The van der Waals surface area contributed by atoms with E-state index in [0.717, 1.165) is 0 Å². The number of nitrogens with two attached hydrogens (primary N) is 2. The van der Waals surface area contributed by atoms with Crippen LogP contribution in [0.3, 0.4) is 0 Å². The van der Waals surface area contributed by atoms with Crippen LogP contribution in [0.15, 0.2) is 29.3 Å². The number of nitrogens with one attached hydrogen (secondary N) is 3. The molecule has 0 aromatic heterocycles. The van der Waals surface area contributed by atoms with E-state index < -0.39 is 46.9 Å². The predicted molar refractivity (Wildman–Crippen MR) is 126 cm³/mol. The standard InChI is InChI=1S/C21H33N7O7/c1-12(2)17(26-18(30)15(27-28(33)34)5-4-10-24-21(22)23)19(31)25-16(20(32)35-3)11-13-6-8-14(29)9-7-13/h6-9,12,15-17,27,29H,4-5,10-11H2,1-3H3,(H,25,31)(H,26,30)(H4,22,23,24)/t15-,16-,17-/m0/s1. The van der Waals surface area contributed by atoms with Crippen LogP contribution in [0.25, 0.3) is 0 Å². The maximum atomic E-state index is 13.0. The molecule has 1 rings (SSSR count). The number of esters is 1. The van der Waals surface area contributed by atoms with Crippen molar-refractivity contribution in [2.45, 2.75) is 51.2 Å². The molecule has 0 fully saturated rings. The van der Waals surface area contributed by atoms with Crippen LogP contribution in [0.2, 0.25) is 0 Å². The van der Waals surface area contributed by atoms with Crippen LogP contribution in [0.4, 0.5) is 0 Å². The number of aromatic hydroxyl groups is 1. The number of nitrogens with zero attached hydrogens (tertiary/aromatic N) is 2. The number of hydrazine groups is 1. The van der Waals surface area contributed by atoms with E-state index >= 15 is 0 Å². The van der Waals surface area contributed by atoms with Gasteiger partial charge in [0.05, 0.1) is 7.11 Å². The number of hydrogen-bond donors (Lipinski definition) is 6. The molecular formula is C21H33N7O7. The molecule has 0 radical (unpaired) electrons. The number of benzene rings is 1. The Labute approximate surface area is 202 Å². The van der Waals surface area contributed by atoms with Crippen LogP contribution in [-0.2, 0) is 25.5 Å². The van der Waals surface area contributed by atoms with Crippen molar-refractivity contribution in [2.75, 3.05) is 13.7 Å². The SMILES string of the molecule is COC(=O)[C@H](Cc1ccc(O)cc1)NC(=O)[C@@H](NC(=O)[C@H](CCCN=C(N)N)N[N+](=O)[O-])C(C)C. The highest BCUT2D eigenvalue weighted by Gasteiger charge is 2.32. The van der Waals surface area contributed by atoms with Gasteiger partial charge in [0, 0.05) is 13.0 Å². The molecule has 14 nitrogen and oxygen atoms in total. The number of phenols is 1. The Kier molecular flexibility index (Phi) is 11.8. The lowest BCUT2D eigenvalue weighted by molar-refractivity contribution is -0.548. The number of ether oxygens (including phenoxy) is 1. The van der Waals surface area contributed by atoms with Gasteiger partial charge in [0.1, 0.15) is 17.8 Å². The second-order valence-electron chi connectivity index (χ2n) is 8.07. The first kappa shape index (κ1) is 28.9. The Balaban J connectivity index is 2.94. The molecule has 0 aliphatic heterocycles. The minimum absolute atomic E-state index is 0.0294. The molecule has 0 saturated carbocycles. The van der Waals surface area contributed by atoms with Crippen LogP contribution in [-0.4, -0.2) is 65.7 Å². The molecule has 35 heavy (non-hydrogen) atoms. The quantitative estimate of drug-likeness (QED) is 0.0458. The first-order chi connectivity index (χ1) is 16.4. The molecule has 14 heteroatoms. The third kappa shape index (κ3) is 10.6. The first-order valence-electron chi connectivity index (χ1n) is 10.9. The van der Waals surface area contributed by atoms with Gasteiger partial charge >= 0.3 is 5.97 Å². The van der Waals surface area contributed by atoms with E-state index in [1.165, 1.54) is 19.2 Å². The summed E-state index contributed by atoms with van der Waals surface area (Å²) >= 11 is 0. The topological polar surface area (TPSA) is 224 Å². The molecule has 0 aliphatic carbocycles. The van der Waals surface area contributed by atoms with Crippen molar-refractivity contribution in [1.82, 2.24) is 16.1 Å². The third-order valence-corrected chi connectivity index (χ3v) is 4.95. The number of nitro groups is 1. The average molecular weight is 496 g/mol. The normalized spacial score (nSPS) is 13.1. The number of aliphatic imine (C=N–C) groups is 1. The lowest BCUT2D eigenvalue weighted by Gasteiger charge is -2.26. The Morgan fingerprint density at radius 1 is 1.11 bits per heavy atom. The number of rotatable bonds is 14. The van der Waals surface area contributed by atoms with E-state index in [1.54, 1.807) is 26.0 Å². The summed E-state index contributed by atoms with van der Waals surface area (Å²) in [7, 11) is 1.18. The van der Waals surface area contributed by atoms with Crippen LogP contribution < -0.4 is 27.5 Å². The molecule has 0 saturated heterocycles. The smallest absolute Gasteiger partial charge is 0.328 e. The van der Waals surface area contributed by atoms with E-state index in [-0.39, 0.29) is 37.5 Å². The van der Waals surface area contributed by atoms with Crippen molar-refractivity contribution in [3.8, 4) is 5.75 Å². The maximum Gasteiger partial charge on any atom is 0.328 e. The van der Waals surface area contributed by atoms with Gasteiger partial charge in [-0.3, -0.25) is 14.6 Å². The highest BCUT2D eigenvalue weighted by Crippen LogP contribution is 2.13. The van der Waals surface area contributed by atoms with Gasteiger partial charge in [-0.15, -0.1) is 5.43 Å². The lowest BCUT2D eigenvalue weighted by atomic mass is 10.0. The summed E-state index contributed by atoms with van der Waals surface area (Å²) in [6, 6.07) is 2.66. The number of carbonyl (C=O) groups excluding carboxylic acids is 3. The average Bonchev–Trinajstić information content (AvgIpc) is 2.78. The van der Waals surface area contributed by atoms with E-state index in [9.17, 15) is 29.6 Å². The molecular weight excluding hydrogens is 462 g/mol. The van der Waals surface area contributed by atoms with Gasteiger partial charge < -0.3 is 31.9 Å². The number of hydrogen-bond acceptors (Lipinski definition) is 8. The summed E-state index contributed by atoms with van der Waals surface area (Å²) in [6.45, 7) is 3.51. The molecule has 0 aliphatic rings. The molecule has 0 heterocycles. The van der Waals surface area contributed by atoms with Crippen molar-refractivity contribution in [3.05, 3.63) is 39.9 Å². The van der Waals surface area contributed by atoms with Gasteiger partial charge in [0.15, 0.2) is 17.0 Å². The zero-order chi connectivity index (χ0) is 26.5. The van der Waals surface area contributed by atoms with E-state index in [4.69, 9.17) is 16.2 Å². The van der Waals surface area contributed by atoms with Gasteiger partial charge in [-0.2, -0.15) is 0 Å². The van der Waals surface area contributed by atoms with Gasteiger partial charge in [-0.1, -0.05) is 26.0 Å². The van der Waals surface area contributed by atoms with Crippen molar-refractivity contribution in [1.29, 1.82) is 0 Å². The Morgan fingerprint density at radius 3 is 2.26 bits per heavy atom. The van der Waals surface area contributed by atoms with Crippen LogP contribution in [0.5, 0.6) is 5.75 Å². The fraction of sp³-hybridized carbons (Fsp3) is 0.524. The zero-order valence-electron chi connectivity index (χ0n) is 19.9. The summed E-state index contributed by atoms with van der Waals surface area (Å²) < 4.78 is 4.78. The molecule has 1 aromatic carbocycles. The van der Waals surface area contributed by atoms with E-state index in [2.05, 4.69) is 15.6 Å². The fourth-order valence-corrected chi connectivity index (χ4v) is 3.14. The summed E-state index contributed by atoms with van der Waals surface area (Å²) in [4.78, 5) is 52.8. The van der Waals surface area contributed by atoms with Crippen LogP contribution in [0.1, 0.15) is 32.3 Å². The molecule has 3 atom stereocenters. The number of carbonyl (C=O) groups is 3. The molecule has 194 valence electrons. The molecule has 8 N–H and O–H groups in total. The van der Waals surface area contributed by atoms with Crippen LogP contribution >= 0.6 is 0 Å². The molecule has 0 bridgehead atoms. The second kappa shape index (κ2) is 14.2. The monoisotopic (exact) mass is 495 g/mol. The number of phenolic OH excluding ortho intramolecular Hbond substituents is 1. The van der Waals surface area contributed by atoms with Gasteiger partial charge in [-0.05, 0) is 36.5 Å². The number of guanidine groups is 1. The Morgan fingerprint density at radius 2 is 1.74 bits per heavy atom. The minimum Gasteiger partial charge on any atom is -0.508 e. The zero-order valence-corrected chi connectivity index (χ0v) is 19.9. The molecule has 0 unspecified atom stereocenters. The third-order valence-electron chi connectivity index (χ3n) is 4.95. The van der Waals surface area contributed by atoms with Crippen LogP contribution in [0, 0.1) is 16.0 Å². The largest absolute Gasteiger partial charge is 0.508 e. The summed E-state index contributed by atoms with van der Waals surface area (Å²) in [5.41, 5.74) is 13.1. The van der Waals surface area contributed by atoms with E-state index in [0.29, 0.717) is 5.56 Å². The predicted octanol–water partition coefficient (Wildman–Crippen LogP) is -1.06. The molecule has 1 aromatic rings. The van der Waals surface area contributed by atoms with Crippen molar-refractivity contribution in [3.63, 3.8) is 0 Å². The Hall–Kier alpha value is -4.10. The summed E-state index contributed by atoms with van der Waals surface area (Å²) in [5, 5.41) is 24.6. The summed E-state index contributed by atoms with van der Waals surface area (Å²) in [6.07, 6.45) is 0.377. The fourth-order valence-electron chi connectivity index (χ4n) is 3.14. The molecule has 0 spiro atoms. The maximum absolute atomic E-state index is 13.0. The van der Waals surface area contributed by atoms with Gasteiger partial charge in [0.2, 0.25) is 11.8 Å². The number of methoxy groups -OCH3 is 1.